The highest BCUT2D eigenvalue weighted by atomic mass is 19.4. The molecule has 1 aromatic heterocycles. The molecule has 0 aliphatic heterocycles. The second-order valence-electron chi connectivity index (χ2n) is 4.47. The van der Waals surface area contributed by atoms with E-state index in [4.69, 9.17) is 5.73 Å². The van der Waals surface area contributed by atoms with E-state index in [-0.39, 0.29) is 24.9 Å². The van der Waals surface area contributed by atoms with Crippen LogP contribution in [0.15, 0.2) is 18.5 Å². The Morgan fingerprint density at radius 1 is 1.47 bits per heavy atom. The van der Waals surface area contributed by atoms with Gasteiger partial charge in [0.15, 0.2) is 0 Å². The average molecular weight is 246 g/mol. The zero-order valence-corrected chi connectivity index (χ0v) is 9.04. The fourth-order valence-corrected chi connectivity index (χ4v) is 2.40. The fourth-order valence-electron chi connectivity index (χ4n) is 2.40. The quantitative estimate of drug-likeness (QED) is 0.830. The molecule has 17 heavy (non-hydrogen) atoms. The number of hydrogen-bond donors (Lipinski definition) is 2. The molecule has 1 aromatic rings. The first-order valence-electron chi connectivity index (χ1n) is 5.29. The SMILES string of the molecule is NCC1(c2cnccc2C(F)(F)F)CC(O)C1. The molecular weight excluding hydrogens is 233 g/mol. The summed E-state index contributed by atoms with van der Waals surface area (Å²) in [6.07, 6.45) is -2.13. The number of hydrogen-bond acceptors (Lipinski definition) is 3. The smallest absolute Gasteiger partial charge is 0.393 e. The predicted octanol–water partition coefficient (Wildman–Crippen LogP) is 1.45. The lowest BCUT2D eigenvalue weighted by Crippen LogP contribution is -2.50. The van der Waals surface area contributed by atoms with Crippen LogP contribution in [0.25, 0.3) is 0 Å². The van der Waals surface area contributed by atoms with E-state index in [1.807, 2.05) is 0 Å². The minimum Gasteiger partial charge on any atom is -0.393 e. The van der Waals surface area contributed by atoms with Crippen LogP contribution in [0.2, 0.25) is 0 Å². The number of nitrogens with two attached hydrogens (primary N) is 1. The van der Waals surface area contributed by atoms with Crippen LogP contribution in [0.1, 0.15) is 24.0 Å². The van der Waals surface area contributed by atoms with Crippen molar-refractivity contribution in [3.8, 4) is 0 Å². The van der Waals surface area contributed by atoms with E-state index in [0.717, 1.165) is 12.3 Å². The lowest BCUT2D eigenvalue weighted by atomic mass is 9.62. The third-order valence-corrected chi connectivity index (χ3v) is 3.34. The van der Waals surface area contributed by atoms with E-state index >= 15 is 0 Å². The van der Waals surface area contributed by atoms with Crippen molar-refractivity contribution in [2.24, 2.45) is 5.73 Å². The maximum atomic E-state index is 12.8. The second kappa shape index (κ2) is 3.96. The van der Waals surface area contributed by atoms with E-state index < -0.39 is 23.3 Å². The third-order valence-electron chi connectivity index (χ3n) is 3.34. The fraction of sp³-hybridized carbons (Fsp3) is 0.545. The number of nitrogens with zero attached hydrogens (tertiary/aromatic N) is 1. The Balaban J connectivity index is 2.45. The predicted molar refractivity (Wildman–Crippen MR) is 55.2 cm³/mol. The highest BCUT2D eigenvalue weighted by Gasteiger charge is 2.48. The summed E-state index contributed by atoms with van der Waals surface area (Å²) in [5, 5.41) is 9.31. The number of halogens is 3. The molecule has 1 saturated carbocycles. The summed E-state index contributed by atoms with van der Waals surface area (Å²) < 4.78 is 38.5. The van der Waals surface area contributed by atoms with E-state index in [9.17, 15) is 18.3 Å². The molecule has 0 radical (unpaired) electrons. The molecule has 0 unspecified atom stereocenters. The van der Waals surface area contributed by atoms with E-state index in [1.54, 1.807) is 0 Å². The minimum atomic E-state index is -4.42. The van der Waals surface area contributed by atoms with Crippen molar-refractivity contribution in [1.82, 2.24) is 4.98 Å². The van der Waals surface area contributed by atoms with Gasteiger partial charge < -0.3 is 10.8 Å². The van der Waals surface area contributed by atoms with Gasteiger partial charge in [-0.05, 0) is 24.5 Å². The Bertz CT molecular complexity index is 413. The Hall–Kier alpha value is -1.14. The van der Waals surface area contributed by atoms with Gasteiger partial charge >= 0.3 is 6.18 Å². The normalized spacial score (nSPS) is 28.9. The van der Waals surface area contributed by atoms with Crippen LogP contribution in [0.3, 0.4) is 0 Å². The van der Waals surface area contributed by atoms with E-state index in [2.05, 4.69) is 4.98 Å². The van der Waals surface area contributed by atoms with Gasteiger partial charge in [0.05, 0.1) is 11.7 Å². The highest BCUT2D eigenvalue weighted by molar-refractivity contribution is 5.37. The molecule has 0 aromatic carbocycles. The number of aromatic nitrogens is 1. The molecule has 0 saturated heterocycles. The largest absolute Gasteiger partial charge is 0.416 e. The number of aliphatic hydroxyl groups excluding tert-OH is 1. The Morgan fingerprint density at radius 2 is 2.12 bits per heavy atom. The van der Waals surface area contributed by atoms with E-state index in [1.165, 1.54) is 6.20 Å². The second-order valence-corrected chi connectivity index (χ2v) is 4.47. The first-order chi connectivity index (χ1) is 7.89. The lowest BCUT2D eigenvalue weighted by Gasteiger charge is -2.45. The number of pyridine rings is 1. The summed E-state index contributed by atoms with van der Waals surface area (Å²) in [5.74, 6) is 0. The number of rotatable bonds is 2. The molecule has 0 atom stereocenters. The van der Waals surface area contributed by atoms with Crippen molar-refractivity contribution in [1.29, 1.82) is 0 Å². The summed E-state index contributed by atoms with van der Waals surface area (Å²) in [4.78, 5) is 3.74. The van der Waals surface area contributed by atoms with Gasteiger partial charge in [-0.1, -0.05) is 0 Å². The van der Waals surface area contributed by atoms with Gasteiger partial charge in [-0.25, -0.2) is 0 Å². The number of aliphatic hydroxyl groups is 1. The first-order valence-corrected chi connectivity index (χ1v) is 5.29. The lowest BCUT2D eigenvalue weighted by molar-refractivity contribution is -0.139. The van der Waals surface area contributed by atoms with Crippen LogP contribution < -0.4 is 5.73 Å². The average Bonchev–Trinajstić information content (AvgIpc) is 2.23. The highest BCUT2D eigenvalue weighted by Crippen LogP contribution is 2.47. The zero-order chi connectivity index (χ0) is 12.7. The van der Waals surface area contributed by atoms with Gasteiger partial charge in [0, 0.05) is 24.4 Å². The Morgan fingerprint density at radius 3 is 2.59 bits per heavy atom. The molecule has 3 nitrogen and oxygen atoms in total. The first kappa shape index (κ1) is 12.3. The summed E-state index contributed by atoms with van der Waals surface area (Å²) in [6.45, 7) is 0.0822. The molecule has 0 spiro atoms. The van der Waals surface area contributed by atoms with Gasteiger partial charge in [0.2, 0.25) is 0 Å². The van der Waals surface area contributed by atoms with Gasteiger partial charge in [-0.15, -0.1) is 0 Å². The van der Waals surface area contributed by atoms with Gasteiger partial charge in [0.1, 0.15) is 0 Å². The molecule has 1 aliphatic rings. The van der Waals surface area contributed by atoms with Gasteiger partial charge in [-0.3, -0.25) is 4.98 Å². The van der Waals surface area contributed by atoms with Crippen molar-refractivity contribution in [3.63, 3.8) is 0 Å². The maximum absolute atomic E-state index is 12.8. The van der Waals surface area contributed by atoms with Crippen LogP contribution >= 0.6 is 0 Å². The summed E-state index contributed by atoms with van der Waals surface area (Å²) in [7, 11) is 0. The van der Waals surface area contributed by atoms with Crippen LogP contribution in [-0.4, -0.2) is 22.7 Å². The molecule has 2 rings (SSSR count). The molecule has 94 valence electrons. The maximum Gasteiger partial charge on any atom is 0.416 e. The van der Waals surface area contributed by atoms with Crippen LogP contribution in [-0.2, 0) is 11.6 Å². The minimum absolute atomic E-state index is 0.0822. The zero-order valence-electron chi connectivity index (χ0n) is 9.04. The monoisotopic (exact) mass is 246 g/mol. The Labute approximate surface area is 96.5 Å². The molecular formula is C11H13F3N2O. The molecule has 0 amide bonds. The van der Waals surface area contributed by atoms with Crippen LogP contribution in [0.5, 0.6) is 0 Å². The third kappa shape index (κ3) is 2.02. The number of alkyl halides is 3. The molecule has 1 aliphatic carbocycles. The van der Waals surface area contributed by atoms with Gasteiger partial charge in [-0.2, -0.15) is 13.2 Å². The van der Waals surface area contributed by atoms with Crippen LogP contribution in [0, 0.1) is 0 Å². The van der Waals surface area contributed by atoms with Gasteiger partial charge in [0.25, 0.3) is 0 Å². The van der Waals surface area contributed by atoms with E-state index in [0.29, 0.717) is 0 Å². The van der Waals surface area contributed by atoms with Crippen molar-refractivity contribution < 1.29 is 18.3 Å². The van der Waals surface area contributed by atoms with Crippen LogP contribution in [0.4, 0.5) is 13.2 Å². The molecule has 1 fully saturated rings. The summed E-state index contributed by atoms with van der Waals surface area (Å²) >= 11 is 0. The van der Waals surface area contributed by atoms with Crippen molar-refractivity contribution in [2.45, 2.75) is 30.5 Å². The summed E-state index contributed by atoms with van der Waals surface area (Å²) in [6, 6.07) is 0.956. The molecule has 1 heterocycles. The molecule has 6 heteroatoms. The van der Waals surface area contributed by atoms with Crippen molar-refractivity contribution in [2.75, 3.05) is 6.54 Å². The molecule has 0 bridgehead atoms. The van der Waals surface area contributed by atoms with Crippen molar-refractivity contribution in [3.05, 3.63) is 29.6 Å². The standard InChI is InChI=1S/C11H13F3N2O/c12-11(13,14)8-1-2-16-5-9(8)10(6-15)3-7(17)4-10/h1-2,5,7,17H,3-4,6,15H2. The topological polar surface area (TPSA) is 59.1 Å². The van der Waals surface area contributed by atoms with Crippen molar-refractivity contribution >= 4 is 0 Å². The molecule has 3 N–H and O–H groups in total. The summed E-state index contributed by atoms with van der Waals surface area (Å²) in [5.41, 5.74) is 4.18. The Kier molecular flexibility index (Phi) is 2.87.